The van der Waals surface area contributed by atoms with Crippen LogP contribution in [0.2, 0.25) is 10.0 Å². The summed E-state index contributed by atoms with van der Waals surface area (Å²) in [5.74, 6) is 1.32. The maximum Gasteiger partial charge on any atom is 0.220 e. The third-order valence-electron chi connectivity index (χ3n) is 4.11. The average Bonchev–Trinajstić information content (AvgIpc) is 2.63. The van der Waals surface area contributed by atoms with Crippen molar-refractivity contribution in [2.75, 3.05) is 13.2 Å². The van der Waals surface area contributed by atoms with Crippen molar-refractivity contribution < 1.29 is 14.3 Å². The van der Waals surface area contributed by atoms with Crippen LogP contribution in [0.1, 0.15) is 44.4 Å². The predicted molar refractivity (Wildman–Crippen MR) is 110 cm³/mol. The molecule has 0 aromatic heterocycles. The Bertz CT molecular complexity index is 760. The van der Waals surface area contributed by atoms with E-state index in [1.54, 1.807) is 18.2 Å². The minimum Gasteiger partial charge on any atom is -0.490 e. The highest BCUT2D eigenvalue weighted by atomic mass is 35.5. The average molecular weight is 410 g/mol. The molecule has 4 nitrogen and oxygen atoms in total. The molecule has 0 heterocycles. The van der Waals surface area contributed by atoms with Crippen LogP contribution in [-0.2, 0) is 11.2 Å². The predicted octanol–water partition coefficient (Wildman–Crippen LogP) is 5.60. The molecule has 1 unspecified atom stereocenters. The Morgan fingerprint density at radius 3 is 2.30 bits per heavy atom. The summed E-state index contributed by atoms with van der Waals surface area (Å²) in [4.78, 5) is 12.3. The van der Waals surface area contributed by atoms with Gasteiger partial charge in [0.25, 0.3) is 0 Å². The Morgan fingerprint density at radius 1 is 1.04 bits per heavy atom. The Labute approximate surface area is 170 Å². The molecule has 0 spiro atoms. The molecule has 6 heteroatoms. The normalized spacial score (nSPS) is 11.7. The summed E-state index contributed by atoms with van der Waals surface area (Å²) in [7, 11) is 0. The fourth-order valence-electron chi connectivity index (χ4n) is 2.74. The van der Waals surface area contributed by atoms with Crippen molar-refractivity contribution >= 4 is 29.1 Å². The van der Waals surface area contributed by atoms with Gasteiger partial charge in [0, 0.05) is 16.5 Å². The largest absolute Gasteiger partial charge is 0.490 e. The molecule has 2 aromatic rings. The monoisotopic (exact) mass is 409 g/mol. The lowest BCUT2D eigenvalue weighted by Crippen LogP contribution is -2.26. The standard InChI is InChI=1S/C21H25Cl2NO3/c1-4-26-19-11-9-15(13-20(19)27-5-2)14(3)24-21(25)12-10-16-17(22)7-6-8-18(16)23/h6-9,11,13-14H,4-5,10,12H2,1-3H3,(H,24,25). The summed E-state index contributed by atoms with van der Waals surface area (Å²) < 4.78 is 11.2. The van der Waals surface area contributed by atoms with Gasteiger partial charge in [-0.05, 0) is 62.6 Å². The molecule has 0 aliphatic heterocycles. The van der Waals surface area contributed by atoms with Crippen molar-refractivity contribution in [3.63, 3.8) is 0 Å². The van der Waals surface area contributed by atoms with Crippen LogP contribution in [-0.4, -0.2) is 19.1 Å². The van der Waals surface area contributed by atoms with Gasteiger partial charge in [-0.2, -0.15) is 0 Å². The molecule has 2 aromatic carbocycles. The summed E-state index contributed by atoms with van der Waals surface area (Å²) in [5.41, 5.74) is 1.74. The molecule has 1 N–H and O–H groups in total. The van der Waals surface area contributed by atoms with Crippen molar-refractivity contribution in [1.29, 1.82) is 0 Å². The number of carbonyl (C=O) groups is 1. The highest BCUT2D eigenvalue weighted by Gasteiger charge is 2.14. The first kappa shape index (κ1) is 21.4. The number of amides is 1. The van der Waals surface area contributed by atoms with Crippen molar-refractivity contribution in [2.45, 2.75) is 39.7 Å². The maximum absolute atomic E-state index is 12.3. The summed E-state index contributed by atoms with van der Waals surface area (Å²) >= 11 is 12.3. The van der Waals surface area contributed by atoms with Crippen LogP contribution >= 0.6 is 23.2 Å². The van der Waals surface area contributed by atoms with Gasteiger partial charge in [0.15, 0.2) is 11.5 Å². The van der Waals surface area contributed by atoms with Gasteiger partial charge in [-0.15, -0.1) is 0 Å². The molecule has 0 saturated carbocycles. The zero-order valence-electron chi connectivity index (χ0n) is 15.9. The van der Waals surface area contributed by atoms with E-state index in [0.29, 0.717) is 47.6 Å². The zero-order valence-corrected chi connectivity index (χ0v) is 17.4. The van der Waals surface area contributed by atoms with Gasteiger partial charge in [0.1, 0.15) is 0 Å². The summed E-state index contributed by atoms with van der Waals surface area (Å²) in [6, 6.07) is 10.9. The molecule has 0 aliphatic rings. The third kappa shape index (κ3) is 6.05. The number of carbonyl (C=O) groups excluding carboxylic acids is 1. The summed E-state index contributed by atoms with van der Waals surface area (Å²) in [6.07, 6.45) is 0.799. The van der Waals surface area contributed by atoms with Crippen LogP contribution in [0, 0.1) is 0 Å². The molecule has 27 heavy (non-hydrogen) atoms. The topological polar surface area (TPSA) is 47.6 Å². The Hall–Kier alpha value is -1.91. The number of rotatable bonds is 9. The first-order valence-corrected chi connectivity index (χ1v) is 9.83. The third-order valence-corrected chi connectivity index (χ3v) is 4.82. The summed E-state index contributed by atoms with van der Waals surface area (Å²) in [5, 5.41) is 4.16. The second kappa shape index (κ2) is 10.4. The second-order valence-electron chi connectivity index (χ2n) is 6.06. The van der Waals surface area contributed by atoms with Crippen LogP contribution in [0.25, 0.3) is 0 Å². The number of nitrogens with one attached hydrogen (secondary N) is 1. The Morgan fingerprint density at radius 2 is 1.67 bits per heavy atom. The minimum absolute atomic E-state index is 0.0645. The SMILES string of the molecule is CCOc1ccc(C(C)NC(=O)CCc2c(Cl)cccc2Cl)cc1OCC. The molecule has 0 saturated heterocycles. The molecule has 1 atom stereocenters. The summed E-state index contributed by atoms with van der Waals surface area (Å²) in [6.45, 7) is 6.90. The van der Waals surface area contributed by atoms with Gasteiger partial charge in [0.2, 0.25) is 5.91 Å². The number of hydrogen-bond donors (Lipinski definition) is 1. The highest BCUT2D eigenvalue weighted by molar-refractivity contribution is 6.36. The van der Waals surface area contributed by atoms with Gasteiger partial charge in [-0.3, -0.25) is 4.79 Å². The van der Waals surface area contributed by atoms with E-state index in [-0.39, 0.29) is 11.9 Å². The van der Waals surface area contributed by atoms with Crippen molar-refractivity contribution in [2.24, 2.45) is 0 Å². The Kier molecular flexibility index (Phi) is 8.26. The molecule has 1 amide bonds. The lowest BCUT2D eigenvalue weighted by atomic mass is 10.1. The fraction of sp³-hybridized carbons (Fsp3) is 0.381. The number of ether oxygens (including phenoxy) is 2. The molecule has 0 bridgehead atoms. The first-order valence-electron chi connectivity index (χ1n) is 9.08. The van der Waals surface area contributed by atoms with Crippen molar-refractivity contribution in [1.82, 2.24) is 5.32 Å². The molecular weight excluding hydrogens is 385 g/mol. The van der Waals surface area contributed by atoms with Crippen molar-refractivity contribution in [3.05, 3.63) is 57.6 Å². The van der Waals surface area contributed by atoms with Crippen molar-refractivity contribution in [3.8, 4) is 11.5 Å². The van der Waals surface area contributed by atoms with Crippen LogP contribution in [0.4, 0.5) is 0 Å². The van der Waals surface area contributed by atoms with E-state index < -0.39 is 0 Å². The van der Waals surface area contributed by atoms with E-state index in [0.717, 1.165) is 11.1 Å². The molecule has 0 aliphatic carbocycles. The van der Waals surface area contributed by atoms with E-state index in [2.05, 4.69) is 5.32 Å². The van der Waals surface area contributed by atoms with Gasteiger partial charge in [-0.1, -0.05) is 35.3 Å². The van der Waals surface area contributed by atoms with Gasteiger partial charge < -0.3 is 14.8 Å². The lowest BCUT2D eigenvalue weighted by Gasteiger charge is -2.18. The van der Waals surface area contributed by atoms with E-state index in [1.165, 1.54) is 0 Å². The minimum atomic E-state index is -0.158. The van der Waals surface area contributed by atoms with E-state index >= 15 is 0 Å². The van der Waals surface area contributed by atoms with Crippen LogP contribution < -0.4 is 14.8 Å². The highest BCUT2D eigenvalue weighted by Crippen LogP contribution is 2.31. The molecule has 0 fully saturated rings. The van der Waals surface area contributed by atoms with Crippen LogP contribution in [0.5, 0.6) is 11.5 Å². The van der Waals surface area contributed by atoms with E-state index in [9.17, 15) is 4.79 Å². The van der Waals surface area contributed by atoms with Crippen LogP contribution in [0.15, 0.2) is 36.4 Å². The van der Waals surface area contributed by atoms with E-state index in [1.807, 2.05) is 39.0 Å². The van der Waals surface area contributed by atoms with Gasteiger partial charge in [-0.25, -0.2) is 0 Å². The second-order valence-corrected chi connectivity index (χ2v) is 6.88. The molecule has 146 valence electrons. The molecular formula is C21H25Cl2NO3. The van der Waals surface area contributed by atoms with E-state index in [4.69, 9.17) is 32.7 Å². The van der Waals surface area contributed by atoms with Gasteiger partial charge >= 0.3 is 0 Å². The maximum atomic E-state index is 12.3. The molecule has 0 radical (unpaired) electrons. The number of benzene rings is 2. The number of hydrogen-bond acceptors (Lipinski definition) is 3. The smallest absolute Gasteiger partial charge is 0.220 e. The van der Waals surface area contributed by atoms with Gasteiger partial charge in [0.05, 0.1) is 19.3 Å². The fourth-order valence-corrected chi connectivity index (χ4v) is 3.33. The quantitative estimate of drug-likeness (QED) is 0.585. The lowest BCUT2D eigenvalue weighted by molar-refractivity contribution is -0.121. The van der Waals surface area contributed by atoms with Crippen LogP contribution in [0.3, 0.4) is 0 Å². The molecule has 2 rings (SSSR count). The number of halogens is 2. The zero-order chi connectivity index (χ0) is 19.8. The first-order chi connectivity index (χ1) is 13.0. The Balaban J connectivity index is 2.00.